The van der Waals surface area contributed by atoms with Crippen molar-refractivity contribution in [1.82, 2.24) is 4.98 Å². The Labute approximate surface area is 88.7 Å². The molecule has 0 spiro atoms. The summed E-state index contributed by atoms with van der Waals surface area (Å²) in [6.45, 7) is 4.00. The van der Waals surface area contributed by atoms with Gasteiger partial charge >= 0.3 is 0 Å². The van der Waals surface area contributed by atoms with Crippen LogP contribution in [0.1, 0.15) is 24.2 Å². The molecule has 1 unspecified atom stereocenters. The second-order valence-electron chi connectivity index (χ2n) is 3.16. The Morgan fingerprint density at radius 2 is 2.36 bits per heavy atom. The van der Waals surface area contributed by atoms with E-state index in [4.69, 9.17) is 5.73 Å². The predicted octanol–water partition coefficient (Wildman–Crippen LogP) is 1.76. The lowest BCUT2D eigenvalue weighted by Crippen LogP contribution is -2.06. The van der Waals surface area contributed by atoms with E-state index in [2.05, 4.69) is 11.9 Å². The number of nitrogen functional groups attached to an aromatic ring is 1. The number of nitrogens with zero attached hydrogens (tertiary/aromatic N) is 1. The largest absolute Gasteiger partial charge is 0.387 e. The molecule has 1 aromatic heterocycles. The van der Waals surface area contributed by atoms with Crippen LogP contribution in [0.4, 0.5) is 5.82 Å². The van der Waals surface area contributed by atoms with Crippen molar-refractivity contribution >= 4 is 17.6 Å². The number of aliphatic hydroxyl groups excluding tert-OH is 1. The van der Waals surface area contributed by atoms with E-state index in [-0.39, 0.29) is 0 Å². The molecule has 0 aromatic carbocycles. The predicted molar refractivity (Wildman–Crippen MR) is 61.3 cm³/mol. The summed E-state index contributed by atoms with van der Waals surface area (Å²) in [6, 6.07) is 1.89. The molecule has 4 heteroatoms. The van der Waals surface area contributed by atoms with Gasteiger partial charge < -0.3 is 10.8 Å². The Bertz CT molecular complexity index is 304. The summed E-state index contributed by atoms with van der Waals surface area (Å²) in [6.07, 6.45) is 1.20. The van der Waals surface area contributed by atoms with Gasteiger partial charge in [-0.25, -0.2) is 4.98 Å². The maximum atomic E-state index is 9.82. The van der Waals surface area contributed by atoms with Gasteiger partial charge in [0.15, 0.2) is 0 Å². The minimum absolute atomic E-state index is 0.430. The van der Waals surface area contributed by atoms with Gasteiger partial charge in [0.05, 0.1) is 6.10 Å². The van der Waals surface area contributed by atoms with E-state index in [0.717, 1.165) is 16.9 Å². The van der Waals surface area contributed by atoms with E-state index in [0.29, 0.717) is 11.6 Å². The average Bonchev–Trinajstić information content (AvgIpc) is 2.18. The van der Waals surface area contributed by atoms with Gasteiger partial charge in [0.1, 0.15) is 5.82 Å². The van der Waals surface area contributed by atoms with Crippen molar-refractivity contribution in [1.29, 1.82) is 0 Å². The Morgan fingerprint density at radius 1 is 1.64 bits per heavy atom. The molecule has 0 aliphatic rings. The summed E-state index contributed by atoms with van der Waals surface area (Å²) < 4.78 is 0. The molecular weight excluding hydrogens is 196 g/mol. The first-order valence-corrected chi connectivity index (χ1v) is 5.78. The minimum atomic E-state index is -0.507. The van der Waals surface area contributed by atoms with E-state index >= 15 is 0 Å². The van der Waals surface area contributed by atoms with Crippen LogP contribution in [0.3, 0.4) is 0 Å². The zero-order chi connectivity index (χ0) is 10.6. The van der Waals surface area contributed by atoms with E-state index in [1.54, 1.807) is 18.0 Å². The van der Waals surface area contributed by atoms with Gasteiger partial charge in [0.2, 0.25) is 0 Å². The van der Waals surface area contributed by atoms with Crippen molar-refractivity contribution in [3.05, 3.63) is 23.4 Å². The molecule has 3 nitrogen and oxygen atoms in total. The number of rotatable bonds is 4. The number of aliphatic hydroxyl groups is 1. The van der Waals surface area contributed by atoms with Gasteiger partial charge in [-0.05, 0) is 24.3 Å². The zero-order valence-electron chi connectivity index (χ0n) is 8.53. The van der Waals surface area contributed by atoms with Crippen LogP contribution in [-0.2, 0) is 0 Å². The van der Waals surface area contributed by atoms with Gasteiger partial charge in [-0.3, -0.25) is 0 Å². The van der Waals surface area contributed by atoms with Crippen molar-refractivity contribution < 1.29 is 5.11 Å². The normalized spacial score (nSPS) is 12.8. The molecule has 1 heterocycles. The number of pyridine rings is 1. The van der Waals surface area contributed by atoms with Crippen molar-refractivity contribution in [3.63, 3.8) is 0 Å². The first-order chi connectivity index (χ1) is 6.65. The molecule has 0 radical (unpaired) electrons. The lowest BCUT2D eigenvalue weighted by molar-refractivity contribution is 0.204. The van der Waals surface area contributed by atoms with Gasteiger partial charge in [0.25, 0.3) is 0 Å². The molecule has 0 bridgehead atoms. The van der Waals surface area contributed by atoms with Crippen LogP contribution < -0.4 is 5.73 Å². The number of thioether (sulfide) groups is 1. The fourth-order valence-electron chi connectivity index (χ4n) is 1.19. The van der Waals surface area contributed by atoms with Crippen LogP contribution in [0.25, 0.3) is 0 Å². The second kappa shape index (κ2) is 5.22. The minimum Gasteiger partial charge on any atom is -0.387 e. The molecule has 14 heavy (non-hydrogen) atoms. The molecule has 0 aliphatic heterocycles. The van der Waals surface area contributed by atoms with Gasteiger partial charge in [-0.1, -0.05) is 6.92 Å². The lowest BCUT2D eigenvalue weighted by Gasteiger charge is -2.12. The molecule has 0 aliphatic carbocycles. The van der Waals surface area contributed by atoms with Crippen molar-refractivity contribution in [2.24, 2.45) is 0 Å². The monoisotopic (exact) mass is 212 g/mol. The fourth-order valence-corrected chi connectivity index (χ4v) is 1.83. The van der Waals surface area contributed by atoms with Crippen LogP contribution in [0.15, 0.2) is 12.3 Å². The maximum Gasteiger partial charge on any atom is 0.129 e. The number of aromatic nitrogens is 1. The number of hydrogen-bond donors (Lipinski definition) is 2. The molecule has 78 valence electrons. The molecule has 0 saturated heterocycles. The molecule has 1 aromatic rings. The maximum absolute atomic E-state index is 9.82. The standard InChI is InChI=1S/C10H16N2OS/c1-3-14-6-9(13)8-4-7(2)5-12-10(8)11/h4-5,9,13H,3,6H2,1-2H3,(H2,11,12). The summed E-state index contributed by atoms with van der Waals surface area (Å²) in [5.74, 6) is 2.10. The van der Waals surface area contributed by atoms with Crippen molar-refractivity contribution in [2.75, 3.05) is 17.2 Å². The fraction of sp³-hybridized carbons (Fsp3) is 0.500. The Balaban J connectivity index is 2.77. The van der Waals surface area contributed by atoms with Crippen LogP contribution in [-0.4, -0.2) is 21.6 Å². The van der Waals surface area contributed by atoms with E-state index < -0.39 is 6.10 Å². The van der Waals surface area contributed by atoms with Crippen LogP contribution in [0, 0.1) is 6.92 Å². The molecule has 0 amide bonds. The molecular formula is C10H16N2OS. The van der Waals surface area contributed by atoms with E-state index in [1.165, 1.54) is 0 Å². The van der Waals surface area contributed by atoms with Crippen LogP contribution >= 0.6 is 11.8 Å². The Morgan fingerprint density at radius 3 is 3.00 bits per heavy atom. The summed E-state index contributed by atoms with van der Waals surface area (Å²) in [7, 11) is 0. The first-order valence-electron chi connectivity index (χ1n) is 4.63. The third-order valence-electron chi connectivity index (χ3n) is 1.93. The summed E-state index contributed by atoms with van der Waals surface area (Å²) in [5.41, 5.74) is 7.45. The molecule has 1 atom stereocenters. The topological polar surface area (TPSA) is 59.1 Å². The van der Waals surface area contributed by atoms with Crippen LogP contribution in [0.5, 0.6) is 0 Å². The SMILES string of the molecule is CCSCC(O)c1cc(C)cnc1N. The smallest absolute Gasteiger partial charge is 0.129 e. The Hall–Kier alpha value is -0.740. The zero-order valence-corrected chi connectivity index (χ0v) is 9.34. The first kappa shape index (κ1) is 11.3. The van der Waals surface area contributed by atoms with E-state index in [1.807, 2.05) is 13.0 Å². The summed E-state index contributed by atoms with van der Waals surface area (Å²) in [4.78, 5) is 4.02. The lowest BCUT2D eigenvalue weighted by atomic mass is 10.1. The molecule has 0 fully saturated rings. The van der Waals surface area contributed by atoms with Crippen molar-refractivity contribution in [3.8, 4) is 0 Å². The molecule has 0 saturated carbocycles. The highest BCUT2D eigenvalue weighted by Gasteiger charge is 2.11. The number of anilines is 1. The Kier molecular flexibility index (Phi) is 4.22. The number of hydrogen-bond acceptors (Lipinski definition) is 4. The number of aryl methyl sites for hydroxylation is 1. The van der Waals surface area contributed by atoms with Gasteiger partial charge in [0, 0.05) is 17.5 Å². The van der Waals surface area contributed by atoms with Gasteiger partial charge in [-0.2, -0.15) is 11.8 Å². The van der Waals surface area contributed by atoms with Gasteiger partial charge in [-0.15, -0.1) is 0 Å². The highest BCUT2D eigenvalue weighted by molar-refractivity contribution is 7.99. The number of nitrogens with two attached hydrogens (primary N) is 1. The van der Waals surface area contributed by atoms with E-state index in [9.17, 15) is 5.11 Å². The van der Waals surface area contributed by atoms with Crippen molar-refractivity contribution in [2.45, 2.75) is 20.0 Å². The average molecular weight is 212 g/mol. The van der Waals surface area contributed by atoms with Crippen LogP contribution in [0.2, 0.25) is 0 Å². The third-order valence-corrected chi connectivity index (χ3v) is 2.88. The quantitative estimate of drug-likeness (QED) is 0.798. The molecule has 3 N–H and O–H groups in total. The highest BCUT2D eigenvalue weighted by Crippen LogP contribution is 2.22. The summed E-state index contributed by atoms with van der Waals surface area (Å²) in [5, 5.41) is 9.82. The third kappa shape index (κ3) is 2.89. The second-order valence-corrected chi connectivity index (χ2v) is 4.48. The summed E-state index contributed by atoms with van der Waals surface area (Å²) >= 11 is 1.69. The molecule has 1 rings (SSSR count). The highest BCUT2D eigenvalue weighted by atomic mass is 32.2.